The highest BCUT2D eigenvalue weighted by Gasteiger charge is 2.36. The summed E-state index contributed by atoms with van der Waals surface area (Å²) >= 11 is 0. The highest BCUT2D eigenvalue weighted by Crippen LogP contribution is 2.28. The Morgan fingerprint density at radius 1 is 1.44 bits per heavy atom. The fraction of sp³-hybridized carbons (Fsp3) is 0.846. The highest BCUT2D eigenvalue weighted by atomic mass is 16.3. The van der Waals surface area contributed by atoms with Crippen molar-refractivity contribution >= 4 is 5.91 Å². The van der Waals surface area contributed by atoms with Crippen LogP contribution in [0.15, 0.2) is 0 Å². The number of aliphatic hydroxyl groups excluding tert-OH is 1. The third-order valence-electron chi connectivity index (χ3n) is 4.11. The lowest BCUT2D eigenvalue weighted by molar-refractivity contribution is -0.123. The molecule has 100 valence electrons. The molecule has 0 radical (unpaired) electrons. The van der Waals surface area contributed by atoms with Crippen LogP contribution >= 0.6 is 0 Å². The largest absolute Gasteiger partial charge is 0.395 e. The van der Waals surface area contributed by atoms with Crippen LogP contribution in [0.3, 0.4) is 0 Å². The van der Waals surface area contributed by atoms with Crippen LogP contribution in [0.2, 0.25) is 0 Å². The maximum Gasteiger partial charge on any atom is 0.235 e. The number of nitriles is 1. The van der Waals surface area contributed by atoms with E-state index in [1.165, 1.54) is 0 Å². The fourth-order valence-electron chi connectivity index (χ4n) is 3.04. The van der Waals surface area contributed by atoms with Crippen molar-refractivity contribution in [2.24, 2.45) is 0 Å². The van der Waals surface area contributed by atoms with E-state index in [1.807, 2.05) is 4.90 Å². The molecule has 1 aliphatic carbocycles. The zero-order valence-electron chi connectivity index (χ0n) is 10.7. The molecule has 1 heterocycles. The molecule has 0 aromatic carbocycles. The molecule has 1 unspecified atom stereocenters. The first-order valence-electron chi connectivity index (χ1n) is 6.76. The van der Waals surface area contributed by atoms with Crippen LogP contribution in [0.25, 0.3) is 0 Å². The third kappa shape index (κ3) is 2.82. The predicted octanol–water partition coefficient (Wildman–Crippen LogP) is 0.396. The molecule has 1 aliphatic heterocycles. The quantitative estimate of drug-likeness (QED) is 0.758. The van der Waals surface area contributed by atoms with Crippen LogP contribution in [-0.4, -0.2) is 47.2 Å². The van der Waals surface area contributed by atoms with Gasteiger partial charge in [0.15, 0.2) is 0 Å². The first-order valence-corrected chi connectivity index (χ1v) is 6.76. The lowest BCUT2D eigenvalue weighted by Gasteiger charge is -2.26. The number of hydrogen-bond donors (Lipinski definition) is 2. The van der Waals surface area contributed by atoms with Crippen molar-refractivity contribution in [1.29, 1.82) is 5.26 Å². The van der Waals surface area contributed by atoms with E-state index in [0.29, 0.717) is 6.54 Å². The van der Waals surface area contributed by atoms with Crippen molar-refractivity contribution in [2.75, 3.05) is 19.7 Å². The number of aliphatic hydroxyl groups is 1. The minimum Gasteiger partial charge on any atom is -0.395 e. The van der Waals surface area contributed by atoms with Gasteiger partial charge < -0.3 is 10.4 Å². The van der Waals surface area contributed by atoms with Crippen LogP contribution in [0.4, 0.5) is 0 Å². The van der Waals surface area contributed by atoms with Crippen molar-refractivity contribution < 1.29 is 9.90 Å². The van der Waals surface area contributed by atoms with Crippen molar-refractivity contribution in [1.82, 2.24) is 10.2 Å². The normalized spacial score (nSPS) is 27.0. The van der Waals surface area contributed by atoms with Gasteiger partial charge in [0.1, 0.15) is 5.54 Å². The van der Waals surface area contributed by atoms with Crippen molar-refractivity contribution in [3.8, 4) is 6.07 Å². The molecular formula is C13H21N3O2. The number of amides is 1. The van der Waals surface area contributed by atoms with Gasteiger partial charge in [0.25, 0.3) is 0 Å². The number of rotatable bonds is 4. The molecule has 0 aromatic rings. The molecule has 5 nitrogen and oxygen atoms in total. The van der Waals surface area contributed by atoms with Crippen molar-refractivity contribution in [3.05, 3.63) is 0 Å². The Morgan fingerprint density at radius 3 is 2.78 bits per heavy atom. The summed E-state index contributed by atoms with van der Waals surface area (Å²) in [5.41, 5.74) is -0.633. The smallest absolute Gasteiger partial charge is 0.235 e. The topological polar surface area (TPSA) is 76.4 Å². The fourth-order valence-corrected chi connectivity index (χ4v) is 3.04. The molecule has 1 atom stereocenters. The minimum atomic E-state index is -0.633. The standard InChI is InChI=1S/C13H21N3O2/c14-10-13(5-1-2-6-13)15-12(18)8-16-7-3-4-11(16)9-17/h11,17H,1-9H2,(H,15,18). The Bertz CT molecular complexity index is 345. The summed E-state index contributed by atoms with van der Waals surface area (Å²) < 4.78 is 0. The van der Waals surface area contributed by atoms with Crippen LogP contribution in [-0.2, 0) is 4.79 Å². The van der Waals surface area contributed by atoms with Gasteiger partial charge in [0, 0.05) is 6.04 Å². The van der Waals surface area contributed by atoms with Crippen LogP contribution in [0, 0.1) is 11.3 Å². The zero-order chi connectivity index (χ0) is 13.0. The number of nitrogens with zero attached hydrogens (tertiary/aromatic N) is 2. The summed E-state index contributed by atoms with van der Waals surface area (Å²) in [6.07, 6.45) is 5.53. The van der Waals surface area contributed by atoms with Gasteiger partial charge in [-0.15, -0.1) is 0 Å². The van der Waals surface area contributed by atoms with Crippen LogP contribution < -0.4 is 5.32 Å². The molecule has 1 saturated heterocycles. The van der Waals surface area contributed by atoms with Gasteiger partial charge in [0.05, 0.1) is 19.2 Å². The van der Waals surface area contributed by atoms with Crippen molar-refractivity contribution in [3.63, 3.8) is 0 Å². The third-order valence-corrected chi connectivity index (χ3v) is 4.11. The summed E-state index contributed by atoms with van der Waals surface area (Å²) in [6.45, 7) is 1.27. The van der Waals surface area contributed by atoms with E-state index in [2.05, 4.69) is 11.4 Å². The number of carbonyl (C=O) groups is 1. The van der Waals surface area contributed by atoms with Gasteiger partial charge in [-0.25, -0.2) is 0 Å². The number of likely N-dealkylation sites (tertiary alicyclic amines) is 1. The van der Waals surface area contributed by atoms with Gasteiger partial charge in [0.2, 0.25) is 5.91 Å². The Balaban J connectivity index is 1.87. The second-order valence-corrected chi connectivity index (χ2v) is 5.40. The van der Waals surface area contributed by atoms with E-state index in [1.54, 1.807) is 0 Å². The first kappa shape index (κ1) is 13.3. The maximum absolute atomic E-state index is 12.0. The van der Waals surface area contributed by atoms with E-state index >= 15 is 0 Å². The molecular weight excluding hydrogens is 230 g/mol. The number of carbonyl (C=O) groups excluding carboxylic acids is 1. The molecule has 1 saturated carbocycles. The van der Waals surface area contributed by atoms with Gasteiger partial charge in [-0.2, -0.15) is 5.26 Å². The molecule has 0 aromatic heterocycles. The summed E-state index contributed by atoms with van der Waals surface area (Å²) in [5.74, 6) is -0.0844. The summed E-state index contributed by atoms with van der Waals surface area (Å²) in [5, 5.41) is 21.3. The Kier molecular flexibility index (Phi) is 4.20. The highest BCUT2D eigenvalue weighted by molar-refractivity contribution is 5.79. The van der Waals surface area contributed by atoms with Gasteiger partial charge in [-0.05, 0) is 45.1 Å². The molecule has 0 bridgehead atoms. The number of hydrogen-bond acceptors (Lipinski definition) is 4. The lowest BCUT2D eigenvalue weighted by Crippen LogP contribution is -2.50. The molecule has 0 spiro atoms. The lowest BCUT2D eigenvalue weighted by atomic mass is 10.00. The summed E-state index contributed by atoms with van der Waals surface area (Å²) in [6, 6.07) is 2.37. The molecule has 2 fully saturated rings. The molecule has 5 heteroatoms. The van der Waals surface area contributed by atoms with Crippen LogP contribution in [0.5, 0.6) is 0 Å². The van der Waals surface area contributed by atoms with Crippen molar-refractivity contribution in [2.45, 2.75) is 50.1 Å². The van der Waals surface area contributed by atoms with E-state index in [-0.39, 0.29) is 18.6 Å². The van der Waals surface area contributed by atoms with Gasteiger partial charge >= 0.3 is 0 Å². The van der Waals surface area contributed by atoms with E-state index in [0.717, 1.165) is 45.1 Å². The van der Waals surface area contributed by atoms with Crippen LogP contribution in [0.1, 0.15) is 38.5 Å². The molecule has 2 rings (SSSR count). The number of nitrogens with one attached hydrogen (secondary N) is 1. The minimum absolute atomic E-state index is 0.0844. The zero-order valence-corrected chi connectivity index (χ0v) is 10.7. The Hall–Kier alpha value is -1.12. The summed E-state index contributed by atoms with van der Waals surface area (Å²) in [7, 11) is 0. The Morgan fingerprint density at radius 2 is 2.17 bits per heavy atom. The average molecular weight is 251 g/mol. The predicted molar refractivity (Wildman–Crippen MR) is 66.6 cm³/mol. The maximum atomic E-state index is 12.0. The SMILES string of the molecule is N#CC1(NC(=O)CN2CCCC2CO)CCCC1. The van der Waals surface area contributed by atoms with E-state index < -0.39 is 5.54 Å². The average Bonchev–Trinajstić information content (AvgIpc) is 2.98. The molecule has 2 aliphatic rings. The second kappa shape index (κ2) is 5.68. The molecule has 1 amide bonds. The first-order chi connectivity index (χ1) is 8.69. The summed E-state index contributed by atoms with van der Waals surface area (Å²) in [4.78, 5) is 14.0. The Labute approximate surface area is 108 Å². The second-order valence-electron chi connectivity index (χ2n) is 5.40. The monoisotopic (exact) mass is 251 g/mol. The molecule has 2 N–H and O–H groups in total. The van der Waals surface area contributed by atoms with E-state index in [4.69, 9.17) is 0 Å². The molecule has 18 heavy (non-hydrogen) atoms. The van der Waals surface area contributed by atoms with Gasteiger partial charge in [-0.3, -0.25) is 9.69 Å². The van der Waals surface area contributed by atoms with E-state index in [9.17, 15) is 15.2 Å². The van der Waals surface area contributed by atoms with Gasteiger partial charge in [-0.1, -0.05) is 0 Å².